The minimum absolute atomic E-state index is 0.245. The number of carbonyl (C=O) groups excluding carboxylic acids is 1. The van der Waals surface area contributed by atoms with Gasteiger partial charge in [0.1, 0.15) is 6.10 Å². The Balaban J connectivity index is 2.46. The number of amides is 1. The van der Waals surface area contributed by atoms with Crippen LogP contribution in [0.4, 0.5) is 0 Å². The summed E-state index contributed by atoms with van der Waals surface area (Å²) in [6.07, 6.45) is -0.825. The normalized spacial score (nSPS) is 25.4. The third-order valence-corrected chi connectivity index (χ3v) is 2.42. The van der Waals surface area contributed by atoms with Crippen LogP contribution in [0.5, 0.6) is 0 Å². The lowest BCUT2D eigenvalue weighted by Gasteiger charge is -2.29. The van der Waals surface area contributed by atoms with E-state index in [1.807, 2.05) is 0 Å². The smallest absolute Gasteiger partial charge is 0.252 e. The fraction of sp³-hybridized carbons (Fsp3) is 0.300. The van der Waals surface area contributed by atoms with Gasteiger partial charge >= 0.3 is 0 Å². The molecule has 14 heavy (non-hydrogen) atoms. The summed E-state index contributed by atoms with van der Waals surface area (Å²) in [6, 6.07) is 6.25. The van der Waals surface area contributed by atoms with Crippen LogP contribution in [0.2, 0.25) is 0 Å². The predicted molar refractivity (Wildman–Crippen MR) is 49.7 cm³/mol. The molecule has 1 aromatic carbocycles. The summed E-state index contributed by atoms with van der Waals surface area (Å²) in [7, 11) is 0. The molecule has 0 aliphatic carbocycles. The second kappa shape index (κ2) is 3.40. The molecule has 0 saturated heterocycles. The lowest BCUT2D eigenvalue weighted by atomic mass is 9.93. The first-order valence-electron chi connectivity index (χ1n) is 4.42. The zero-order valence-corrected chi connectivity index (χ0v) is 7.47. The van der Waals surface area contributed by atoms with Gasteiger partial charge in [0, 0.05) is 5.56 Å². The topological polar surface area (TPSA) is 69.6 Å². The van der Waals surface area contributed by atoms with Crippen LogP contribution in [-0.2, 0) is 0 Å². The van der Waals surface area contributed by atoms with Gasteiger partial charge in [-0.15, -0.1) is 0 Å². The van der Waals surface area contributed by atoms with Crippen LogP contribution in [0.3, 0.4) is 0 Å². The van der Waals surface area contributed by atoms with E-state index >= 15 is 0 Å². The first-order chi connectivity index (χ1) is 6.74. The Bertz CT molecular complexity index is 364. The molecule has 4 nitrogen and oxygen atoms in total. The number of fused-ring (bicyclic) bond motifs is 1. The fourth-order valence-electron chi connectivity index (χ4n) is 1.65. The Kier molecular flexibility index (Phi) is 2.23. The van der Waals surface area contributed by atoms with Crippen molar-refractivity contribution in [1.82, 2.24) is 5.32 Å². The van der Waals surface area contributed by atoms with E-state index < -0.39 is 12.1 Å². The van der Waals surface area contributed by atoms with Gasteiger partial charge in [0.15, 0.2) is 0 Å². The number of rotatable bonds is 1. The molecule has 0 saturated carbocycles. The SMILES string of the molecule is O=C1NC(CO)C(O)c2ccccc21. The minimum Gasteiger partial charge on any atom is -0.394 e. The highest BCUT2D eigenvalue weighted by Gasteiger charge is 2.31. The third-order valence-electron chi connectivity index (χ3n) is 2.42. The maximum Gasteiger partial charge on any atom is 0.252 e. The van der Waals surface area contributed by atoms with Crippen molar-refractivity contribution < 1.29 is 15.0 Å². The number of aliphatic hydroxyl groups excluding tert-OH is 2. The van der Waals surface area contributed by atoms with Gasteiger partial charge in [-0.25, -0.2) is 0 Å². The van der Waals surface area contributed by atoms with E-state index in [2.05, 4.69) is 5.32 Å². The maximum atomic E-state index is 11.5. The lowest BCUT2D eigenvalue weighted by Crippen LogP contribution is -2.46. The molecule has 4 heteroatoms. The monoisotopic (exact) mass is 193 g/mol. The van der Waals surface area contributed by atoms with E-state index in [4.69, 9.17) is 5.11 Å². The Morgan fingerprint density at radius 3 is 2.79 bits per heavy atom. The summed E-state index contributed by atoms with van der Waals surface area (Å²) >= 11 is 0. The standard InChI is InChI=1S/C10H11NO3/c12-5-8-9(13)6-3-1-2-4-7(6)10(14)11-8/h1-4,8-9,12-13H,5H2,(H,11,14). The van der Waals surface area contributed by atoms with Crippen molar-refractivity contribution in [2.24, 2.45) is 0 Å². The summed E-state index contributed by atoms with van der Waals surface area (Å²) in [5.74, 6) is -0.245. The molecule has 74 valence electrons. The molecule has 0 radical (unpaired) electrons. The van der Waals surface area contributed by atoms with E-state index in [9.17, 15) is 9.90 Å². The van der Waals surface area contributed by atoms with Crippen molar-refractivity contribution in [2.45, 2.75) is 12.1 Å². The number of carbonyl (C=O) groups is 1. The highest BCUT2D eigenvalue weighted by atomic mass is 16.3. The molecular weight excluding hydrogens is 182 g/mol. The van der Waals surface area contributed by atoms with E-state index in [0.717, 1.165) is 0 Å². The Hall–Kier alpha value is -1.39. The van der Waals surface area contributed by atoms with Crippen LogP contribution in [0.25, 0.3) is 0 Å². The van der Waals surface area contributed by atoms with Gasteiger partial charge < -0.3 is 15.5 Å². The van der Waals surface area contributed by atoms with E-state index in [1.165, 1.54) is 0 Å². The zero-order valence-electron chi connectivity index (χ0n) is 7.47. The third kappa shape index (κ3) is 1.29. The van der Waals surface area contributed by atoms with Gasteiger partial charge in [-0.2, -0.15) is 0 Å². The number of nitrogens with one attached hydrogen (secondary N) is 1. The second-order valence-electron chi connectivity index (χ2n) is 3.29. The molecule has 1 aliphatic heterocycles. The average Bonchev–Trinajstić information content (AvgIpc) is 2.23. The summed E-state index contributed by atoms with van der Waals surface area (Å²) in [5.41, 5.74) is 1.06. The molecule has 0 spiro atoms. The van der Waals surface area contributed by atoms with E-state index in [-0.39, 0.29) is 12.5 Å². The van der Waals surface area contributed by atoms with Crippen LogP contribution >= 0.6 is 0 Å². The summed E-state index contributed by atoms with van der Waals surface area (Å²) in [4.78, 5) is 11.5. The highest BCUT2D eigenvalue weighted by molar-refractivity contribution is 5.97. The molecule has 1 amide bonds. The quantitative estimate of drug-likeness (QED) is 0.579. The molecule has 0 aromatic heterocycles. The van der Waals surface area contributed by atoms with Crippen LogP contribution in [0.15, 0.2) is 24.3 Å². The lowest BCUT2D eigenvalue weighted by molar-refractivity contribution is 0.0625. The Labute approximate surface area is 81.2 Å². The molecule has 0 bridgehead atoms. The first-order valence-corrected chi connectivity index (χ1v) is 4.42. The summed E-state index contributed by atoms with van der Waals surface area (Å²) in [6.45, 7) is -0.263. The largest absolute Gasteiger partial charge is 0.394 e. The molecule has 2 atom stereocenters. The Morgan fingerprint density at radius 2 is 2.07 bits per heavy atom. The predicted octanol–water partition coefficient (Wildman–Crippen LogP) is -0.176. The molecule has 1 aromatic rings. The average molecular weight is 193 g/mol. The van der Waals surface area contributed by atoms with Crippen molar-refractivity contribution in [1.29, 1.82) is 0 Å². The molecule has 0 fully saturated rings. The van der Waals surface area contributed by atoms with Crippen molar-refractivity contribution in [3.05, 3.63) is 35.4 Å². The van der Waals surface area contributed by atoms with Gasteiger partial charge in [-0.1, -0.05) is 18.2 Å². The second-order valence-corrected chi connectivity index (χ2v) is 3.29. The molecule has 2 rings (SSSR count). The van der Waals surface area contributed by atoms with Crippen molar-refractivity contribution in [2.75, 3.05) is 6.61 Å². The van der Waals surface area contributed by atoms with Crippen molar-refractivity contribution >= 4 is 5.91 Å². The van der Waals surface area contributed by atoms with Gasteiger partial charge in [-0.3, -0.25) is 4.79 Å². The number of aliphatic hydroxyl groups is 2. The summed E-state index contributed by atoms with van der Waals surface area (Å²) in [5, 5.41) is 21.2. The van der Waals surface area contributed by atoms with Crippen LogP contribution < -0.4 is 5.32 Å². The van der Waals surface area contributed by atoms with Crippen molar-refractivity contribution in [3.63, 3.8) is 0 Å². The first kappa shape index (κ1) is 9.18. The number of hydrogen-bond donors (Lipinski definition) is 3. The zero-order chi connectivity index (χ0) is 10.1. The van der Waals surface area contributed by atoms with Crippen LogP contribution in [-0.4, -0.2) is 28.8 Å². The van der Waals surface area contributed by atoms with Gasteiger partial charge in [0.05, 0.1) is 12.6 Å². The van der Waals surface area contributed by atoms with Gasteiger partial charge in [0.2, 0.25) is 0 Å². The molecular formula is C10H11NO3. The minimum atomic E-state index is -0.825. The van der Waals surface area contributed by atoms with Gasteiger partial charge in [-0.05, 0) is 11.6 Å². The van der Waals surface area contributed by atoms with E-state index in [1.54, 1.807) is 24.3 Å². The van der Waals surface area contributed by atoms with E-state index in [0.29, 0.717) is 11.1 Å². The van der Waals surface area contributed by atoms with Crippen LogP contribution in [0, 0.1) is 0 Å². The fourth-order valence-corrected chi connectivity index (χ4v) is 1.65. The molecule has 2 unspecified atom stereocenters. The number of hydrogen-bond acceptors (Lipinski definition) is 3. The maximum absolute atomic E-state index is 11.5. The number of benzene rings is 1. The summed E-state index contributed by atoms with van der Waals surface area (Å²) < 4.78 is 0. The highest BCUT2D eigenvalue weighted by Crippen LogP contribution is 2.25. The Morgan fingerprint density at radius 1 is 1.36 bits per heavy atom. The molecule has 1 aliphatic rings. The van der Waals surface area contributed by atoms with Gasteiger partial charge in [0.25, 0.3) is 5.91 Å². The molecule has 3 N–H and O–H groups in total. The van der Waals surface area contributed by atoms with Crippen LogP contribution in [0.1, 0.15) is 22.0 Å². The van der Waals surface area contributed by atoms with Crippen molar-refractivity contribution in [3.8, 4) is 0 Å². The molecule has 1 heterocycles.